The highest BCUT2D eigenvalue weighted by atomic mass is 35.5. The molecule has 0 fully saturated rings. The fraction of sp³-hybridized carbons (Fsp3) is 0.333. The van der Waals surface area contributed by atoms with Crippen molar-refractivity contribution in [3.05, 3.63) is 46.2 Å². The number of aryl methyl sites for hydroxylation is 2. The van der Waals surface area contributed by atoms with Crippen LogP contribution in [-0.2, 0) is 7.05 Å². The van der Waals surface area contributed by atoms with Crippen molar-refractivity contribution in [1.29, 1.82) is 0 Å². The van der Waals surface area contributed by atoms with Gasteiger partial charge in [-0.15, -0.1) is 0 Å². The van der Waals surface area contributed by atoms with Gasteiger partial charge in [-0.3, -0.25) is 9.48 Å². The lowest BCUT2D eigenvalue weighted by atomic mass is 10.0. The second-order valence-electron chi connectivity index (χ2n) is 5.07. The molecule has 0 saturated carbocycles. The number of rotatable bonds is 3. The Morgan fingerprint density at radius 3 is 2.55 bits per heavy atom. The molecule has 4 nitrogen and oxygen atoms in total. The highest BCUT2D eigenvalue weighted by Gasteiger charge is 2.20. The molecular weight excluding hydrogens is 274 g/mol. The Balaban J connectivity index is 2.33. The molecule has 0 aliphatic heterocycles. The molecule has 0 atom stereocenters. The number of nitrogens with zero attached hydrogens (tertiary/aromatic N) is 2. The first kappa shape index (κ1) is 14.6. The number of hydrogen-bond acceptors (Lipinski definition) is 2. The van der Waals surface area contributed by atoms with Gasteiger partial charge in [0.25, 0.3) is 5.91 Å². The van der Waals surface area contributed by atoms with Crippen LogP contribution in [0.25, 0.3) is 0 Å². The molecule has 1 aromatic heterocycles. The summed E-state index contributed by atoms with van der Waals surface area (Å²) in [6.45, 7) is 5.95. The highest BCUT2D eigenvalue weighted by molar-refractivity contribution is 6.33. The van der Waals surface area contributed by atoms with Gasteiger partial charge in [-0.2, -0.15) is 5.10 Å². The molecule has 2 rings (SSSR count). The minimum atomic E-state index is -0.228. The third-order valence-electron chi connectivity index (χ3n) is 3.21. The zero-order valence-corrected chi connectivity index (χ0v) is 12.8. The number of carbonyl (C=O) groups excluding carboxylic acids is 1. The zero-order valence-electron chi connectivity index (χ0n) is 12.1. The van der Waals surface area contributed by atoms with E-state index in [0.29, 0.717) is 22.3 Å². The minimum absolute atomic E-state index is 0.228. The number of aromatic nitrogens is 2. The van der Waals surface area contributed by atoms with Crippen LogP contribution >= 0.6 is 11.6 Å². The quantitative estimate of drug-likeness (QED) is 0.936. The molecule has 0 aliphatic carbocycles. The van der Waals surface area contributed by atoms with Gasteiger partial charge in [-0.25, -0.2) is 0 Å². The van der Waals surface area contributed by atoms with Crippen LogP contribution in [0, 0.1) is 6.92 Å². The third-order valence-corrected chi connectivity index (χ3v) is 3.64. The van der Waals surface area contributed by atoms with Crippen molar-refractivity contribution in [1.82, 2.24) is 9.78 Å². The normalized spacial score (nSPS) is 10.9. The lowest BCUT2D eigenvalue weighted by Crippen LogP contribution is -2.14. The number of anilines is 1. The molecule has 5 heteroatoms. The predicted molar refractivity (Wildman–Crippen MR) is 81.4 cm³/mol. The summed E-state index contributed by atoms with van der Waals surface area (Å²) in [5.74, 6) is 0.102. The fourth-order valence-corrected chi connectivity index (χ4v) is 2.45. The number of para-hydroxylation sites is 1. The third kappa shape index (κ3) is 2.70. The second-order valence-corrected chi connectivity index (χ2v) is 5.43. The van der Waals surface area contributed by atoms with E-state index in [0.717, 1.165) is 11.3 Å². The monoisotopic (exact) mass is 291 g/mol. The molecule has 0 spiro atoms. The summed E-state index contributed by atoms with van der Waals surface area (Å²) in [6.07, 6.45) is 0. The van der Waals surface area contributed by atoms with Gasteiger partial charge in [-0.05, 0) is 24.5 Å². The maximum atomic E-state index is 12.4. The first-order chi connectivity index (χ1) is 9.41. The molecule has 0 saturated heterocycles. The molecule has 1 N–H and O–H groups in total. The highest BCUT2D eigenvalue weighted by Crippen LogP contribution is 2.26. The SMILES string of the molecule is Cc1nn(C)c(Cl)c1C(=O)Nc1ccccc1C(C)C. The van der Waals surface area contributed by atoms with E-state index in [4.69, 9.17) is 11.6 Å². The molecule has 0 aliphatic rings. The van der Waals surface area contributed by atoms with E-state index in [2.05, 4.69) is 24.3 Å². The largest absolute Gasteiger partial charge is 0.322 e. The molecule has 0 radical (unpaired) electrons. The molecule has 2 aromatic rings. The Bertz CT molecular complexity index is 647. The Hall–Kier alpha value is -1.81. The summed E-state index contributed by atoms with van der Waals surface area (Å²) in [5, 5.41) is 7.43. The average Bonchev–Trinajstić information content (AvgIpc) is 2.63. The van der Waals surface area contributed by atoms with Crippen molar-refractivity contribution in [2.45, 2.75) is 26.7 Å². The smallest absolute Gasteiger partial charge is 0.260 e. The van der Waals surface area contributed by atoms with Gasteiger partial charge in [0.15, 0.2) is 0 Å². The number of nitrogens with one attached hydrogen (secondary N) is 1. The standard InChI is InChI=1S/C15H18ClN3O/c1-9(2)11-7-5-6-8-12(11)17-15(20)13-10(3)18-19(4)14(13)16/h5-9H,1-4H3,(H,17,20). The fourth-order valence-electron chi connectivity index (χ4n) is 2.19. The van der Waals surface area contributed by atoms with E-state index in [1.165, 1.54) is 4.68 Å². The summed E-state index contributed by atoms with van der Waals surface area (Å²) >= 11 is 6.12. The van der Waals surface area contributed by atoms with Gasteiger partial charge in [0, 0.05) is 12.7 Å². The van der Waals surface area contributed by atoms with Crippen LogP contribution in [0.4, 0.5) is 5.69 Å². The van der Waals surface area contributed by atoms with Gasteiger partial charge in [0.05, 0.1) is 11.3 Å². The van der Waals surface area contributed by atoms with Crippen molar-refractivity contribution in [3.8, 4) is 0 Å². The molecule has 20 heavy (non-hydrogen) atoms. The average molecular weight is 292 g/mol. The molecule has 1 aromatic carbocycles. The van der Waals surface area contributed by atoms with Crippen LogP contribution in [0.5, 0.6) is 0 Å². The predicted octanol–water partition coefficient (Wildman–Crippen LogP) is 3.76. The van der Waals surface area contributed by atoms with Crippen molar-refractivity contribution in [3.63, 3.8) is 0 Å². The maximum absolute atomic E-state index is 12.4. The topological polar surface area (TPSA) is 46.9 Å². The molecule has 106 valence electrons. The minimum Gasteiger partial charge on any atom is -0.322 e. The molecule has 1 heterocycles. The van der Waals surface area contributed by atoms with Crippen molar-refractivity contribution >= 4 is 23.2 Å². The van der Waals surface area contributed by atoms with Crippen molar-refractivity contribution in [2.24, 2.45) is 7.05 Å². The van der Waals surface area contributed by atoms with E-state index in [-0.39, 0.29) is 5.91 Å². The van der Waals surface area contributed by atoms with Gasteiger partial charge in [0.2, 0.25) is 0 Å². The number of benzene rings is 1. The molecular formula is C15H18ClN3O. The van der Waals surface area contributed by atoms with Gasteiger partial charge < -0.3 is 5.32 Å². The molecule has 0 bridgehead atoms. The lowest BCUT2D eigenvalue weighted by Gasteiger charge is -2.13. The van der Waals surface area contributed by atoms with Crippen molar-refractivity contribution in [2.75, 3.05) is 5.32 Å². The summed E-state index contributed by atoms with van der Waals surface area (Å²) in [6, 6.07) is 7.78. The van der Waals surface area contributed by atoms with E-state index in [1.807, 2.05) is 24.3 Å². The first-order valence-corrected chi connectivity index (χ1v) is 6.89. The van der Waals surface area contributed by atoms with E-state index >= 15 is 0 Å². The Kier molecular flexibility index (Phi) is 4.14. The molecule has 0 unspecified atom stereocenters. The maximum Gasteiger partial charge on any atom is 0.260 e. The summed E-state index contributed by atoms with van der Waals surface area (Å²) in [7, 11) is 1.72. The Morgan fingerprint density at radius 2 is 2.00 bits per heavy atom. The van der Waals surface area contributed by atoms with E-state index in [9.17, 15) is 4.79 Å². The van der Waals surface area contributed by atoms with Crippen LogP contribution in [0.15, 0.2) is 24.3 Å². The van der Waals surface area contributed by atoms with Gasteiger partial charge in [0.1, 0.15) is 5.15 Å². The number of amides is 1. The Morgan fingerprint density at radius 1 is 1.35 bits per heavy atom. The van der Waals surface area contributed by atoms with Crippen LogP contribution in [-0.4, -0.2) is 15.7 Å². The first-order valence-electron chi connectivity index (χ1n) is 6.51. The van der Waals surface area contributed by atoms with Crippen LogP contribution in [0.1, 0.15) is 41.4 Å². The second kappa shape index (κ2) is 5.67. The summed E-state index contributed by atoms with van der Waals surface area (Å²) in [5.41, 5.74) is 2.95. The van der Waals surface area contributed by atoms with Crippen LogP contribution < -0.4 is 5.32 Å². The van der Waals surface area contributed by atoms with E-state index < -0.39 is 0 Å². The lowest BCUT2D eigenvalue weighted by molar-refractivity contribution is 0.102. The molecule has 1 amide bonds. The zero-order chi connectivity index (χ0) is 14.9. The Labute approximate surface area is 123 Å². The van der Waals surface area contributed by atoms with Crippen LogP contribution in [0.3, 0.4) is 0 Å². The number of halogens is 1. The summed E-state index contributed by atoms with van der Waals surface area (Å²) < 4.78 is 1.50. The summed E-state index contributed by atoms with van der Waals surface area (Å²) in [4.78, 5) is 12.4. The van der Waals surface area contributed by atoms with Gasteiger partial charge >= 0.3 is 0 Å². The van der Waals surface area contributed by atoms with Crippen molar-refractivity contribution < 1.29 is 4.79 Å². The van der Waals surface area contributed by atoms with Gasteiger partial charge in [-0.1, -0.05) is 43.6 Å². The van der Waals surface area contributed by atoms with E-state index in [1.54, 1.807) is 14.0 Å². The number of hydrogen-bond donors (Lipinski definition) is 1. The number of carbonyl (C=O) groups is 1. The van der Waals surface area contributed by atoms with Crippen LogP contribution in [0.2, 0.25) is 5.15 Å².